The second kappa shape index (κ2) is 9.09. The molecule has 0 aliphatic carbocycles. The Labute approximate surface area is 162 Å². The largest absolute Gasteiger partial charge is 0.448 e. The van der Waals surface area contributed by atoms with Crippen molar-refractivity contribution in [2.75, 3.05) is 6.54 Å². The van der Waals surface area contributed by atoms with Gasteiger partial charge in [-0.05, 0) is 18.9 Å². The molecule has 0 saturated heterocycles. The van der Waals surface area contributed by atoms with E-state index >= 15 is 0 Å². The average Bonchev–Trinajstić information content (AvgIpc) is 3.20. The lowest BCUT2D eigenvalue weighted by Gasteiger charge is -2.12. The Morgan fingerprint density at radius 3 is 2.44 bits per heavy atom. The van der Waals surface area contributed by atoms with E-state index in [1.165, 1.54) is 11.3 Å². The van der Waals surface area contributed by atoms with Gasteiger partial charge in [0.15, 0.2) is 11.8 Å². The van der Waals surface area contributed by atoms with Gasteiger partial charge in [0.2, 0.25) is 0 Å². The van der Waals surface area contributed by atoms with Crippen molar-refractivity contribution in [1.82, 2.24) is 10.3 Å². The summed E-state index contributed by atoms with van der Waals surface area (Å²) in [5, 5.41) is 5.17. The maximum atomic E-state index is 12.2. The lowest BCUT2D eigenvalue weighted by atomic mass is 10.1. The SMILES string of the molecule is C[C@@H](OC(=O)c1csc(-c2ccccc2)n1)C(=O)NCCc1ccccc1. The number of benzene rings is 2. The minimum Gasteiger partial charge on any atom is -0.448 e. The smallest absolute Gasteiger partial charge is 0.358 e. The Balaban J connectivity index is 1.50. The second-order valence-electron chi connectivity index (χ2n) is 5.98. The number of carbonyl (C=O) groups excluding carboxylic acids is 2. The number of carbonyl (C=O) groups is 2. The molecule has 0 aliphatic heterocycles. The van der Waals surface area contributed by atoms with Crippen molar-refractivity contribution < 1.29 is 14.3 Å². The highest BCUT2D eigenvalue weighted by molar-refractivity contribution is 7.13. The first kappa shape index (κ1) is 18.8. The van der Waals surface area contributed by atoms with Crippen LogP contribution < -0.4 is 5.32 Å². The monoisotopic (exact) mass is 380 g/mol. The van der Waals surface area contributed by atoms with Crippen LogP contribution in [0.5, 0.6) is 0 Å². The fourth-order valence-electron chi connectivity index (χ4n) is 2.47. The van der Waals surface area contributed by atoms with E-state index in [0.717, 1.165) is 22.6 Å². The third-order valence-electron chi connectivity index (χ3n) is 3.94. The van der Waals surface area contributed by atoms with E-state index in [1.807, 2.05) is 60.7 Å². The summed E-state index contributed by atoms with van der Waals surface area (Å²) in [5.74, 6) is -0.920. The normalized spacial score (nSPS) is 11.6. The Morgan fingerprint density at radius 1 is 1.07 bits per heavy atom. The number of hydrogen-bond donors (Lipinski definition) is 1. The van der Waals surface area contributed by atoms with Crippen LogP contribution in [-0.4, -0.2) is 29.5 Å². The minimum absolute atomic E-state index is 0.211. The molecule has 1 aromatic heterocycles. The van der Waals surface area contributed by atoms with Crippen LogP contribution in [0.3, 0.4) is 0 Å². The summed E-state index contributed by atoms with van der Waals surface area (Å²) in [5.41, 5.74) is 2.29. The number of amides is 1. The number of nitrogens with zero attached hydrogens (tertiary/aromatic N) is 1. The number of aromatic nitrogens is 1. The highest BCUT2D eigenvalue weighted by Gasteiger charge is 2.20. The number of nitrogens with one attached hydrogen (secondary N) is 1. The molecular formula is C21H20N2O3S. The lowest BCUT2D eigenvalue weighted by Crippen LogP contribution is -2.36. The summed E-state index contributed by atoms with van der Waals surface area (Å²) >= 11 is 1.37. The number of rotatable bonds is 7. The average molecular weight is 380 g/mol. The first-order valence-corrected chi connectivity index (χ1v) is 9.55. The van der Waals surface area contributed by atoms with E-state index in [-0.39, 0.29) is 11.6 Å². The molecule has 0 saturated carbocycles. The molecule has 1 atom stereocenters. The summed E-state index contributed by atoms with van der Waals surface area (Å²) in [4.78, 5) is 28.7. The molecular weight excluding hydrogens is 360 g/mol. The first-order valence-electron chi connectivity index (χ1n) is 8.67. The molecule has 0 spiro atoms. The van der Waals surface area contributed by atoms with Gasteiger partial charge in [-0.15, -0.1) is 11.3 Å². The molecule has 0 unspecified atom stereocenters. The van der Waals surface area contributed by atoms with E-state index in [1.54, 1.807) is 12.3 Å². The predicted molar refractivity (Wildman–Crippen MR) is 106 cm³/mol. The zero-order valence-electron chi connectivity index (χ0n) is 14.9. The topological polar surface area (TPSA) is 68.3 Å². The van der Waals surface area contributed by atoms with Crippen LogP contribution in [-0.2, 0) is 16.0 Å². The third kappa shape index (κ3) is 5.24. The van der Waals surface area contributed by atoms with Crippen LogP contribution in [0.1, 0.15) is 23.0 Å². The van der Waals surface area contributed by atoms with Gasteiger partial charge in [-0.2, -0.15) is 0 Å². The van der Waals surface area contributed by atoms with Crippen LogP contribution in [0.25, 0.3) is 10.6 Å². The van der Waals surface area contributed by atoms with Crippen molar-refractivity contribution in [3.8, 4) is 10.6 Å². The molecule has 1 amide bonds. The molecule has 6 heteroatoms. The fourth-order valence-corrected chi connectivity index (χ4v) is 3.27. The van der Waals surface area contributed by atoms with Crippen molar-refractivity contribution in [1.29, 1.82) is 0 Å². The van der Waals surface area contributed by atoms with Crippen LogP contribution in [0.2, 0.25) is 0 Å². The van der Waals surface area contributed by atoms with Crippen molar-refractivity contribution in [2.45, 2.75) is 19.4 Å². The Kier molecular flexibility index (Phi) is 6.33. The Hall–Kier alpha value is -2.99. The van der Waals surface area contributed by atoms with Gasteiger partial charge in [-0.3, -0.25) is 4.79 Å². The molecule has 0 aliphatic rings. The van der Waals surface area contributed by atoms with Gasteiger partial charge in [0, 0.05) is 17.5 Å². The number of hydrogen-bond acceptors (Lipinski definition) is 5. The quantitative estimate of drug-likeness (QED) is 0.635. The molecule has 1 N–H and O–H groups in total. The highest BCUT2D eigenvalue weighted by atomic mass is 32.1. The molecule has 0 fully saturated rings. The Morgan fingerprint density at radius 2 is 1.74 bits per heavy atom. The van der Waals surface area contributed by atoms with Crippen LogP contribution in [0.15, 0.2) is 66.0 Å². The molecule has 0 bridgehead atoms. The van der Waals surface area contributed by atoms with Gasteiger partial charge in [0.05, 0.1) is 0 Å². The van der Waals surface area contributed by atoms with Crippen LogP contribution in [0.4, 0.5) is 0 Å². The van der Waals surface area contributed by atoms with Gasteiger partial charge in [0.25, 0.3) is 5.91 Å². The molecule has 3 rings (SSSR count). The van der Waals surface area contributed by atoms with Gasteiger partial charge in [-0.1, -0.05) is 60.7 Å². The van der Waals surface area contributed by atoms with Gasteiger partial charge < -0.3 is 10.1 Å². The number of esters is 1. The van der Waals surface area contributed by atoms with Gasteiger partial charge >= 0.3 is 5.97 Å². The zero-order valence-corrected chi connectivity index (χ0v) is 15.7. The predicted octanol–water partition coefficient (Wildman–Crippen LogP) is 3.71. The molecule has 1 heterocycles. The summed E-state index contributed by atoms with van der Waals surface area (Å²) in [6.45, 7) is 2.04. The summed E-state index contributed by atoms with van der Waals surface area (Å²) in [6.07, 6.45) is -0.157. The summed E-state index contributed by atoms with van der Waals surface area (Å²) in [6, 6.07) is 19.5. The standard InChI is InChI=1S/C21H20N2O3S/c1-15(19(24)22-13-12-16-8-4-2-5-9-16)26-21(25)18-14-27-20(23-18)17-10-6-3-7-11-17/h2-11,14-15H,12-13H2,1H3,(H,22,24)/t15-/m1/s1. The van der Waals surface area contributed by atoms with Crippen molar-refractivity contribution in [3.05, 3.63) is 77.3 Å². The van der Waals surface area contributed by atoms with E-state index in [4.69, 9.17) is 4.74 Å². The zero-order chi connectivity index (χ0) is 19.1. The van der Waals surface area contributed by atoms with Crippen LogP contribution in [0, 0.1) is 0 Å². The summed E-state index contributed by atoms with van der Waals surface area (Å²) in [7, 11) is 0. The van der Waals surface area contributed by atoms with E-state index in [2.05, 4.69) is 10.3 Å². The second-order valence-corrected chi connectivity index (χ2v) is 6.84. The fraction of sp³-hybridized carbons (Fsp3) is 0.190. The Bertz CT molecular complexity index is 894. The maximum Gasteiger partial charge on any atom is 0.358 e. The van der Waals surface area contributed by atoms with E-state index in [0.29, 0.717) is 6.54 Å². The summed E-state index contributed by atoms with van der Waals surface area (Å²) < 4.78 is 5.24. The number of thiazole rings is 1. The molecule has 2 aromatic carbocycles. The van der Waals surface area contributed by atoms with Crippen molar-refractivity contribution in [2.24, 2.45) is 0 Å². The molecule has 27 heavy (non-hydrogen) atoms. The first-order chi connectivity index (χ1) is 13.1. The minimum atomic E-state index is -0.879. The number of ether oxygens (including phenoxy) is 1. The molecule has 3 aromatic rings. The van der Waals surface area contributed by atoms with Crippen molar-refractivity contribution >= 4 is 23.2 Å². The third-order valence-corrected chi connectivity index (χ3v) is 4.83. The lowest BCUT2D eigenvalue weighted by molar-refractivity contribution is -0.129. The van der Waals surface area contributed by atoms with Gasteiger partial charge in [-0.25, -0.2) is 9.78 Å². The van der Waals surface area contributed by atoms with Crippen molar-refractivity contribution in [3.63, 3.8) is 0 Å². The maximum absolute atomic E-state index is 12.2. The molecule has 138 valence electrons. The van der Waals surface area contributed by atoms with E-state index in [9.17, 15) is 9.59 Å². The van der Waals surface area contributed by atoms with Gasteiger partial charge in [0.1, 0.15) is 5.01 Å². The molecule has 5 nitrogen and oxygen atoms in total. The van der Waals surface area contributed by atoms with Crippen LogP contribution >= 0.6 is 11.3 Å². The highest BCUT2D eigenvalue weighted by Crippen LogP contribution is 2.23. The van der Waals surface area contributed by atoms with E-state index < -0.39 is 12.1 Å². The molecule has 0 radical (unpaired) electrons.